The summed E-state index contributed by atoms with van der Waals surface area (Å²) in [6.45, 7) is 5.38. The predicted molar refractivity (Wildman–Crippen MR) is 167 cm³/mol. The molecule has 0 unspecified atom stereocenters. The molecule has 206 valence electrons. The van der Waals surface area contributed by atoms with E-state index in [1.807, 2.05) is 48.5 Å². The van der Waals surface area contributed by atoms with Gasteiger partial charge in [-0.3, -0.25) is 9.36 Å². The van der Waals surface area contributed by atoms with Crippen molar-refractivity contribution in [3.05, 3.63) is 119 Å². The lowest BCUT2D eigenvalue weighted by Crippen LogP contribution is -2.40. The van der Waals surface area contributed by atoms with Crippen molar-refractivity contribution in [1.82, 2.24) is 4.57 Å². The summed E-state index contributed by atoms with van der Waals surface area (Å²) in [7, 11) is 1.57. The molecule has 0 N–H and O–H groups in total. The fourth-order valence-electron chi connectivity index (χ4n) is 5.41. The molecular weight excluding hydrogens is 600 g/mol. The van der Waals surface area contributed by atoms with Crippen LogP contribution in [0.25, 0.3) is 27.6 Å². The van der Waals surface area contributed by atoms with Gasteiger partial charge in [0, 0.05) is 10.0 Å². The minimum Gasteiger partial charge on any atom is -0.496 e. The van der Waals surface area contributed by atoms with Crippen molar-refractivity contribution >= 4 is 60.9 Å². The number of thiazole rings is 1. The maximum Gasteiger partial charge on any atom is 0.338 e. The number of hydrogen-bond acceptors (Lipinski definition) is 6. The topological polar surface area (TPSA) is 69.9 Å². The first-order chi connectivity index (χ1) is 19.8. The fourth-order valence-corrected chi connectivity index (χ4v) is 6.82. The van der Waals surface area contributed by atoms with Gasteiger partial charge < -0.3 is 9.47 Å². The highest BCUT2D eigenvalue weighted by Crippen LogP contribution is 2.37. The minimum atomic E-state index is -0.781. The molecule has 1 aliphatic rings. The van der Waals surface area contributed by atoms with Crippen LogP contribution in [0.3, 0.4) is 0 Å². The first-order valence-corrected chi connectivity index (χ1v) is 14.8. The van der Waals surface area contributed by atoms with E-state index in [1.54, 1.807) is 32.4 Å². The van der Waals surface area contributed by atoms with Crippen LogP contribution in [-0.4, -0.2) is 23.8 Å². The highest BCUT2D eigenvalue weighted by molar-refractivity contribution is 9.10. The number of halogens is 1. The third-order valence-corrected chi connectivity index (χ3v) is 8.64. The standard InChI is InChI=1S/C33H27BrN2O4S/c1-18(2)40-32(38)29-19(3)35-33-36(30(29)26-16-22(34)13-14-27(26)39-4)31(37)28(41-33)17-25-23-11-7-5-9-20(23)15-21-10-6-8-12-24(21)25/h5-18,30H,1-4H3/b28-17-/t30-/m0/s1. The zero-order valence-corrected chi connectivity index (χ0v) is 25.4. The monoisotopic (exact) mass is 626 g/mol. The van der Waals surface area contributed by atoms with Crippen LogP contribution in [0.1, 0.15) is 37.9 Å². The Labute approximate surface area is 249 Å². The Hall–Kier alpha value is -4.01. The van der Waals surface area contributed by atoms with Gasteiger partial charge in [0.2, 0.25) is 0 Å². The van der Waals surface area contributed by atoms with Crippen LogP contribution in [0.4, 0.5) is 0 Å². The molecule has 5 aromatic rings. The van der Waals surface area contributed by atoms with Gasteiger partial charge in [-0.05, 0) is 78.2 Å². The second-order valence-corrected chi connectivity index (χ2v) is 12.1. The molecule has 0 aliphatic carbocycles. The van der Waals surface area contributed by atoms with E-state index in [2.05, 4.69) is 46.3 Å². The predicted octanol–water partition coefficient (Wildman–Crippen LogP) is 6.26. The number of esters is 1. The maximum absolute atomic E-state index is 14.3. The lowest BCUT2D eigenvalue weighted by atomic mass is 9.95. The summed E-state index contributed by atoms with van der Waals surface area (Å²) in [5.74, 6) is 0.0416. The number of benzene rings is 4. The Balaban J connectivity index is 1.66. The van der Waals surface area contributed by atoms with E-state index in [9.17, 15) is 9.59 Å². The summed E-state index contributed by atoms with van der Waals surface area (Å²) in [6.07, 6.45) is 1.62. The van der Waals surface area contributed by atoms with E-state index in [0.717, 1.165) is 31.6 Å². The third-order valence-electron chi connectivity index (χ3n) is 7.16. The largest absolute Gasteiger partial charge is 0.496 e. The number of fused-ring (bicyclic) bond motifs is 3. The number of hydrogen-bond donors (Lipinski definition) is 0. The van der Waals surface area contributed by atoms with Crippen molar-refractivity contribution in [1.29, 1.82) is 0 Å². The minimum absolute atomic E-state index is 0.236. The number of rotatable bonds is 5. The summed E-state index contributed by atoms with van der Waals surface area (Å²) < 4.78 is 14.3. The van der Waals surface area contributed by atoms with Gasteiger partial charge in [0.05, 0.1) is 29.0 Å². The van der Waals surface area contributed by atoms with E-state index in [0.29, 0.717) is 31.9 Å². The maximum atomic E-state index is 14.3. The Kier molecular flexibility index (Phi) is 7.13. The van der Waals surface area contributed by atoms with E-state index >= 15 is 0 Å². The van der Waals surface area contributed by atoms with Gasteiger partial charge in [-0.2, -0.15) is 0 Å². The number of carbonyl (C=O) groups is 1. The van der Waals surface area contributed by atoms with Crippen LogP contribution in [0.15, 0.2) is 98.3 Å². The zero-order valence-electron chi connectivity index (χ0n) is 23.0. The molecule has 1 aliphatic heterocycles. The van der Waals surface area contributed by atoms with Crippen molar-refractivity contribution in [3.8, 4) is 5.75 Å². The number of carbonyl (C=O) groups excluding carboxylic acids is 1. The highest BCUT2D eigenvalue weighted by Gasteiger charge is 2.35. The van der Waals surface area contributed by atoms with Crippen LogP contribution in [0, 0.1) is 0 Å². The van der Waals surface area contributed by atoms with Gasteiger partial charge >= 0.3 is 5.97 Å². The molecule has 0 spiro atoms. The second-order valence-electron chi connectivity index (χ2n) is 10.2. The third kappa shape index (κ3) is 4.81. The van der Waals surface area contributed by atoms with Crippen LogP contribution in [0.5, 0.6) is 5.75 Å². The molecule has 6 rings (SSSR count). The summed E-state index contributed by atoms with van der Waals surface area (Å²) in [6, 6.07) is 23.3. The molecule has 0 amide bonds. The summed E-state index contributed by atoms with van der Waals surface area (Å²) in [4.78, 5) is 33.1. The van der Waals surface area contributed by atoms with Crippen LogP contribution in [-0.2, 0) is 9.53 Å². The number of aromatic nitrogens is 1. The molecule has 4 aromatic carbocycles. The summed E-state index contributed by atoms with van der Waals surface area (Å²) >= 11 is 4.87. The molecule has 0 saturated carbocycles. The second kappa shape index (κ2) is 10.8. The quantitative estimate of drug-likeness (QED) is 0.170. The van der Waals surface area contributed by atoms with Gasteiger partial charge in [-0.25, -0.2) is 9.79 Å². The highest BCUT2D eigenvalue weighted by atomic mass is 79.9. The van der Waals surface area contributed by atoms with Gasteiger partial charge in [0.1, 0.15) is 11.8 Å². The SMILES string of the molecule is COc1ccc(Br)cc1[C@H]1C(C(=O)OC(C)C)=C(C)N=c2s/c(=C\c3c4ccccc4cc4ccccc34)c(=O)n21. The molecule has 0 fully saturated rings. The van der Waals surface area contributed by atoms with Crippen LogP contribution in [0.2, 0.25) is 0 Å². The first-order valence-electron chi connectivity index (χ1n) is 13.2. The molecule has 0 bridgehead atoms. The number of methoxy groups -OCH3 is 1. The number of allylic oxidation sites excluding steroid dienone is 1. The molecule has 0 radical (unpaired) electrons. The lowest BCUT2D eigenvalue weighted by molar-refractivity contribution is -0.143. The normalized spacial score (nSPS) is 15.4. The first kappa shape index (κ1) is 27.2. The van der Waals surface area contributed by atoms with Crippen LogP contribution >= 0.6 is 27.3 Å². The fraction of sp³-hybridized carbons (Fsp3) is 0.182. The van der Waals surface area contributed by atoms with E-state index in [1.165, 1.54) is 11.3 Å². The van der Waals surface area contributed by atoms with Gasteiger partial charge in [0.15, 0.2) is 4.80 Å². The lowest BCUT2D eigenvalue weighted by Gasteiger charge is -2.26. The molecule has 1 aromatic heterocycles. The number of ether oxygens (including phenoxy) is 2. The molecular formula is C33H27BrN2O4S. The van der Waals surface area contributed by atoms with E-state index in [-0.39, 0.29) is 11.7 Å². The van der Waals surface area contributed by atoms with Crippen molar-refractivity contribution in [2.24, 2.45) is 4.99 Å². The van der Waals surface area contributed by atoms with Gasteiger partial charge in [0.25, 0.3) is 5.56 Å². The average Bonchev–Trinajstić information content (AvgIpc) is 3.25. The van der Waals surface area contributed by atoms with E-state index < -0.39 is 12.0 Å². The smallest absolute Gasteiger partial charge is 0.338 e. The van der Waals surface area contributed by atoms with Gasteiger partial charge in [-0.1, -0.05) is 75.8 Å². The molecule has 41 heavy (non-hydrogen) atoms. The van der Waals surface area contributed by atoms with Crippen molar-refractivity contribution in [3.63, 3.8) is 0 Å². The van der Waals surface area contributed by atoms with Crippen molar-refractivity contribution < 1.29 is 14.3 Å². The van der Waals surface area contributed by atoms with Crippen LogP contribution < -0.4 is 19.6 Å². The van der Waals surface area contributed by atoms with Gasteiger partial charge in [-0.15, -0.1) is 0 Å². The molecule has 8 heteroatoms. The average molecular weight is 628 g/mol. The molecule has 0 saturated heterocycles. The van der Waals surface area contributed by atoms with E-state index in [4.69, 9.17) is 14.5 Å². The van der Waals surface area contributed by atoms with Crippen molar-refractivity contribution in [2.75, 3.05) is 7.11 Å². The zero-order chi connectivity index (χ0) is 28.8. The molecule has 6 nitrogen and oxygen atoms in total. The van der Waals surface area contributed by atoms with Crippen molar-refractivity contribution in [2.45, 2.75) is 32.9 Å². The summed E-state index contributed by atoms with van der Waals surface area (Å²) in [5.41, 5.74) is 2.21. The number of nitrogens with zero attached hydrogens (tertiary/aromatic N) is 2. The Morgan fingerprint density at radius 3 is 2.32 bits per heavy atom. The molecule has 2 heterocycles. The molecule has 1 atom stereocenters. The Morgan fingerprint density at radius 2 is 1.68 bits per heavy atom. The Morgan fingerprint density at radius 1 is 1.02 bits per heavy atom. The Bertz CT molecular complexity index is 2020. The summed E-state index contributed by atoms with van der Waals surface area (Å²) in [5, 5.41) is 4.30.